The predicted octanol–water partition coefficient (Wildman–Crippen LogP) is 4.97. The Morgan fingerprint density at radius 1 is 0.588 bits per heavy atom. The Bertz CT molecular complexity index is 126. The van der Waals surface area contributed by atoms with Crippen molar-refractivity contribution in [2.24, 2.45) is 17.8 Å². The van der Waals surface area contributed by atoms with Crippen molar-refractivity contribution in [2.75, 3.05) is 0 Å². The fourth-order valence-electron chi connectivity index (χ4n) is 2.14. The molecule has 0 rings (SSSR count). The molecule has 0 unspecified atom stereocenters. The molecule has 2 heteroatoms. The summed E-state index contributed by atoms with van der Waals surface area (Å²) in [5.41, 5.74) is 0. The third-order valence-corrected chi connectivity index (χ3v) is 3.46. The molecule has 0 aromatic heterocycles. The van der Waals surface area contributed by atoms with E-state index in [-0.39, 0.29) is 18.9 Å². The van der Waals surface area contributed by atoms with E-state index in [0.717, 1.165) is 24.5 Å². The summed E-state index contributed by atoms with van der Waals surface area (Å²) in [7, 11) is 0. The fraction of sp³-hybridized carbons (Fsp3) is 1.00. The zero-order chi connectivity index (χ0) is 12.6. The van der Waals surface area contributed by atoms with E-state index in [0.29, 0.717) is 0 Å². The SMILES string of the molecule is CC(C)CCB(CCC(C)C)CCC(C)C.[LiH]. The van der Waals surface area contributed by atoms with Crippen LogP contribution in [0.15, 0.2) is 0 Å². The van der Waals surface area contributed by atoms with Gasteiger partial charge in [-0.05, 0) is 17.8 Å². The first-order chi connectivity index (χ1) is 7.41. The van der Waals surface area contributed by atoms with Crippen molar-refractivity contribution in [2.45, 2.75) is 79.8 Å². The molecule has 0 saturated carbocycles. The van der Waals surface area contributed by atoms with Gasteiger partial charge in [0.1, 0.15) is 6.71 Å². The van der Waals surface area contributed by atoms with Crippen LogP contribution in [0.25, 0.3) is 0 Å². The van der Waals surface area contributed by atoms with Crippen LogP contribution < -0.4 is 0 Å². The van der Waals surface area contributed by atoms with Gasteiger partial charge in [0.25, 0.3) is 0 Å². The van der Waals surface area contributed by atoms with E-state index in [1.165, 1.54) is 38.2 Å². The molecule has 0 heterocycles. The van der Waals surface area contributed by atoms with Crippen LogP contribution in [0.2, 0.25) is 19.0 Å². The molecule has 0 radical (unpaired) electrons. The van der Waals surface area contributed by atoms with Crippen LogP contribution >= 0.6 is 0 Å². The van der Waals surface area contributed by atoms with Gasteiger partial charge in [0, 0.05) is 0 Å². The van der Waals surface area contributed by atoms with Crippen molar-refractivity contribution in [1.29, 1.82) is 0 Å². The molecule has 0 bridgehead atoms. The summed E-state index contributed by atoms with van der Waals surface area (Å²) in [4.78, 5) is 0. The fourth-order valence-corrected chi connectivity index (χ4v) is 2.14. The van der Waals surface area contributed by atoms with Gasteiger partial charge >= 0.3 is 18.9 Å². The quantitative estimate of drug-likeness (QED) is 0.492. The minimum absolute atomic E-state index is 0. The first-order valence-electron chi connectivity index (χ1n) is 7.41. The van der Waals surface area contributed by atoms with Gasteiger partial charge in [-0.25, -0.2) is 0 Å². The Morgan fingerprint density at radius 2 is 0.824 bits per heavy atom. The molecule has 0 atom stereocenters. The molecule has 0 amide bonds. The zero-order valence-electron chi connectivity index (χ0n) is 12.6. The molecule has 0 nitrogen and oxygen atoms in total. The standard InChI is InChI=1S/C15H33B.Li.H/c1-13(2)7-10-16(11-8-14(3)4)12-9-15(5)6;;/h13-15H,7-12H2,1-6H3;;. The summed E-state index contributed by atoms with van der Waals surface area (Å²) < 4.78 is 0. The van der Waals surface area contributed by atoms with Crippen LogP contribution in [0.5, 0.6) is 0 Å². The molecule has 0 N–H and O–H groups in total. The van der Waals surface area contributed by atoms with E-state index < -0.39 is 0 Å². The molecule has 0 saturated heterocycles. The van der Waals surface area contributed by atoms with E-state index in [2.05, 4.69) is 41.5 Å². The molecule has 17 heavy (non-hydrogen) atoms. The van der Waals surface area contributed by atoms with Crippen LogP contribution in [0, 0.1) is 17.8 Å². The second kappa shape index (κ2) is 11.7. The van der Waals surface area contributed by atoms with Gasteiger partial charge in [0.15, 0.2) is 0 Å². The molecule has 0 spiro atoms. The third-order valence-electron chi connectivity index (χ3n) is 3.46. The van der Waals surface area contributed by atoms with Crippen LogP contribution in [-0.4, -0.2) is 25.6 Å². The van der Waals surface area contributed by atoms with Gasteiger partial charge < -0.3 is 0 Å². The van der Waals surface area contributed by atoms with E-state index in [4.69, 9.17) is 0 Å². The molecular weight excluding hydrogens is 198 g/mol. The molecule has 0 aliphatic carbocycles. The van der Waals surface area contributed by atoms with E-state index in [9.17, 15) is 0 Å². The Kier molecular flexibility index (Phi) is 13.8. The average molecular weight is 232 g/mol. The van der Waals surface area contributed by atoms with E-state index in [1.807, 2.05) is 0 Å². The molecular formula is C15H34BLi. The topological polar surface area (TPSA) is 0 Å². The molecule has 98 valence electrons. The predicted molar refractivity (Wildman–Crippen MR) is 85.7 cm³/mol. The monoisotopic (exact) mass is 232 g/mol. The Labute approximate surface area is 123 Å². The van der Waals surface area contributed by atoms with Crippen molar-refractivity contribution < 1.29 is 0 Å². The summed E-state index contributed by atoms with van der Waals surface area (Å²) in [5.74, 6) is 2.63. The van der Waals surface area contributed by atoms with Gasteiger partial charge in [-0.2, -0.15) is 0 Å². The molecule has 0 fully saturated rings. The van der Waals surface area contributed by atoms with Crippen LogP contribution in [0.3, 0.4) is 0 Å². The van der Waals surface area contributed by atoms with Crippen LogP contribution in [0.1, 0.15) is 60.8 Å². The van der Waals surface area contributed by atoms with Gasteiger partial charge in [-0.15, -0.1) is 0 Å². The molecule has 0 aromatic carbocycles. The number of hydrogen-bond acceptors (Lipinski definition) is 0. The molecule has 0 aromatic rings. The van der Waals surface area contributed by atoms with Gasteiger partial charge in [0.05, 0.1) is 0 Å². The van der Waals surface area contributed by atoms with Gasteiger partial charge in [-0.3, -0.25) is 0 Å². The molecule has 0 aliphatic rings. The zero-order valence-corrected chi connectivity index (χ0v) is 12.6. The second-order valence-electron chi connectivity index (χ2n) is 6.78. The van der Waals surface area contributed by atoms with Crippen molar-refractivity contribution in [3.05, 3.63) is 0 Å². The normalized spacial score (nSPS) is 11.1. The van der Waals surface area contributed by atoms with Crippen molar-refractivity contribution in [3.8, 4) is 0 Å². The second-order valence-corrected chi connectivity index (χ2v) is 6.78. The first-order valence-corrected chi connectivity index (χ1v) is 7.41. The first kappa shape index (κ1) is 20.0. The van der Waals surface area contributed by atoms with Gasteiger partial charge in [-0.1, -0.05) is 79.8 Å². The number of hydrogen-bond donors (Lipinski definition) is 0. The number of rotatable bonds is 9. The van der Waals surface area contributed by atoms with E-state index in [1.54, 1.807) is 0 Å². The van der Waals surface area contributed by atoms with Crippen molar-refractivity contribution in [3.63, 3.8) is 0 Å². The third kappa shape index (κ3) is 14.6. The Balaban J connectivity index is 0. The average Bonchev–Trinajstić information content (AvgIpc) is 2.15. The summed E-state index contributed by atoms with van der Waals surface area (Å²) in [6.45, 7) is 15.1. The van der Waals surface area contributed by atoms with Crippen LogP contribution in [0.4, 0.5) is 0 Å². The Hall–Kier alpha value is 0.662. The van der Waals surface area contributed by atoms with E-state index >= 15 is 0 Å². The maximum atomic E-state index is 2.35. The summed E-state index contributed by atoms with van der Waals surface area (Å²) in [6, 6.07) is 0. The van der Waals surface area contributed by atoms with Crippen molar-refractivity contribution in [1.82, 2.24) is 0 Å². The van der Waals surface area contributed by atoms with Gasteiger partial charge in [0.2, 0.25) is 0 Å². The Morgan fingerprint density at radius 3 is 1.00 bits per heavy atom. The maximum absolute atomic E-state index is 2.35. The van der Waals surface area contributed by atoms with Crippen molar-refractivity contribution >= 4 is 25.6 Å². The summed E-state index contributed by atoms with van der Waals surface area (Å²) >= 11 is 0. The minimum atomic E-state index is 0. The molecule has 0 aliphatic heterocycles. The summed E-state index contributed by atoms with van der Waals surface area (Å²) in [6.07, 6.45) is 8.62. The van der Waals surface area contributed by atoms with Crippen LogP contribution in [-0.2, 0) is 0 Å². The summed E-state index contributed by atoms with van der Waals surface area (Å²) in [5, 5.41) is 0.